The maximum absolute atomic E-state index is 13.5. The van der Waals surface area contributed by atoms with Gasteiger partial charge in [-0.1, -0.05) is 0 Å². The molecule has 2 aliphatic heterocycles. The van der Waals surface area contributed by atoms with Crippen LogP contribution in [-0.2, 0) is 19.3 Å². The van der Waals surface area contributed by atoms with E-state index in [0.717, 1.165) is 6.07 Å². The van der Waals surface area contributed by atoms with E-state index in [4.69, 9.17) is 0 Å². The number of nitrogens with zero attached hydrogens (tertiary/aromatic N) is 2. The van der Waals surface area contributed by atoms with Crippen LogP contribution in [0.15, 0.2) is 12.1 Å². The van der Waals surface area contributed by atoms with Crippen molar-refractivity contribution < 1.29 is 26.7 Å². The Morgan fingerprint density at radius 3 is 2.28 bits per heavy atom. The lowest BCUT2D eigenvalue weighted by Gasteiger charge is -2.20. The van der Waals surface area contributed by atoms with E-state index >= 15 is 0 Å². The quantitative estimate of drug-likeness (QED) is 0.768. The Morgan fingerprint density at radius 1 is 1.16 bits per heavy atom. The van der Waals surface area contributed by atoms with Crippen LogP contribution in [0, 0.1) is 0 Å². The predicted octanol–water partition coefficient (Wildman–Crippen LogP) is 3.56. The molecule has 0 saturated carbocycles. The van der Waals surface area contributed by atoms with Gasteiger partial charge in [0, 0.05) is 37.8 Å². The minimum Gasteiger partial charge on any atom is -0.332 e. The SMILES string of the molecule is CC(C)N1Cc2c(cc(CN3CC(F)C(F)C3)cc2C(F)(F)F)C1=O. The Balaban J connectivity index is 1.96. The Morgan fingerprint density at radius 2 is 1.76 bits per heavy atom. The minimum atomic E-state index is -4.59. The third-order valence-electron chi connectivity index (χ3n) is 4.72. The van der Waals surface area contributed by atoms with Crippen LogP contribution in [0.2, 0.25) is 0 Å². The van der Waals surface area contributed by atoms with Gasteiger partial charge in [-0.05, 0) is 37.1 Å². The highest BCUT2D eigenvalue weighted by atomic mass is 19.4. The Bertz CT molecular complexity index is 678. The molecule has 3 rings (SSSR count). The molecule has 0 radical (unpaired) electrons. The number of alkyl halides is 5. The molecule has 0 N–H and O–H groups in total. The number of rotatable bonds is 3. The van der Waals surface area contributed by atoms with E-state index in [1.54, 1.807) is 13.8 Å². The van der Waals surface area contributed by atoms with Gasteiger partial charge in [-0.3, -0.25) is 9.69 Å². The lowest BCUT2D eigenvalue weighted by Crippen LogP contribution is -2.30. The van der Waals surface area contributed by atoms with Gasteiger partial charge in [-0.2, -0.15) is 13.2 Å². The molecule has 1 aromatic rings. The molecule has 2 unspecified atom stereocenters. The smallest absolute Gasteiger partial charge is 0.332 e. The highest BCUT2D eigenvalue weighted by molar-refractivity contribution is 5.99. The summed E-state index contributed by atoms with van der Waals surface area (Å²) in [5.74, 6) is -0.439. The molecule has 0 bridgehead atoms. The van der Waals surface area contributed by atoms with Gasteiger partial charge in [0.15, 0.2) is 0 Å². The van der Waals surface area contributed by atoms with Crippen molar-refractivity contribution in [2.75, 3.05) is 13.1 Å². The third kappa shape index (κ3) is 3.36. The normalized spacial score (nSPS) is 24.5. The maximum atomic E-state index is 13.5. The zero-order valence-electron chi connectivity index (χ0n) is 13.9. The van der Waals surface area contributed by atoms with E-state index in [-0.39, 0.29) is 48.9 Å². The zero-order chi connectivity index (χ0) is 18.5. The van der Waals surface area contributed by atoms with Gasteiger partial charge in [0.25, 0.3) is 5.91 Å². The number of amides is 1. The molecule has 1 amide bonds. The molecule has 25 heavy (non-hydrogen) atoms. The Kier molecular flexibility index (Phi) is 4.51. The fourth-order valence-electron chi connectivity index (χ4n) is 3.43. The van der Waals surface area contributed by atoms with Crippen LogP contribution in [0.5, 0.6) is 0 Å². The third-order valence-corrected chi connectivity index (χ3v) is 4.72. The number of halogens is 5. The Hall–Kier alpha value is -1.70. The van der Waals surface area contributed by atoms with Gasteiger partial charge in [0.1, 0.15) is 12.3 Å². The fourth-order valence-corrected chi connectivity index (χ4v) is 3.43. The highest BCUT2D eigenvalue weighted by Gasteiger charge is 2.41. The molecule has 1 saturated heterocycles. The van der Waals surface area contributed by atoms with Gasteiger partial charge in [-0.15, -0.1) is 0 Å². The Labute approximate surface area is 142 Å². The summed E-state index contributed by atoms with van der Waals surface area (Å²) in [5.41, 5.74) is -0.593. The van der Waals surface area contributed by atoms with Crippen LogP contribution in [0.25, 0.3) is 0 Å². The summed E-state index contributed by atoms with van der Waals surface area (Å²) in [5, 5.41) is 0. The molecule has 2 heterocycles. The molecule has 3 nitrogen and oxygen atoms in total. The molecule has 8 heteroatoms. The molecule has 2 aliphatic rings. The molecule has 0 aromatic heterocycles. The summed E-state index contributed by atoms with van der Waals surface area (Å²) in [6, 6.07) is 2.20. The van der Waals surface area contributed by atoms with E-state index in [0.29, 0.717) is 0 Å². The first-order valence-corrected chi connectivity index (χ1v) is 8.12. The molecule has 1 fully saturated rings. The fraction of sp³-hybridized carbons (Fsp3) is 0.588. The van der Waals surface area contributed by atoms with E-state index in [9.17, 15) is 26.7 Å². The minimum absolute atomic E-state index is 0.0217. The van der Waals surface area contributed by atoms with Gasteiger partial charge in [-0.25, -0.2) is 8.78 Å². The molecular weight excluding hydrogens is 343 g/mol. The largest absolute Gasteiger partial charge is 0.416 e. The zero-order valence-corrected chi connectivity index (χ0v) is 13.9. The van der Waals surface area contributed by atoms with Crippen LogP contribution in [0.4, 0.5) is 22.0 Å². The van der Waals surface area contributed by atoms with E-state index in [1.807, 2.05) is 0 Å². The lowest BCUT2D eigenvalue weighted by atomic mass is 9.98. The highest BCUT2D eigenvalue weighted by Crippen LogP contribution is 2.39. The van der Waals surface area contributed by atoms with Crippen molar-refractivity contribution in [2.24, 2.45) is 0 Å². The summed E-state index contributed by atoms with van der Waals surface area (Å²) >= 11 is 0. The second kappa shape index (κ2) is 6.23. The number of carbonyl (C=O) groups excluding carboxylic acids is 1. The van der Waals surface area contributed by atoms with E-state index < -0.39 is 30.0 Å². The maximum Gasteiger partial charge on any atom is 0.416 e. The second-order valence-corrected chi connectivity index (χ2v) is 6.92. The second-order valence-electron chi connectivity index (χ2n) is 6.92. The topological polar surface area (TPSA) is 23.6 Å². The number of carbonyl (C=O) groups is 1. The molecular formula is C17H19F5N2O. The summed E-state index contributed by atoms with van der Waals surface area (Å²) in [6.07, 6.45) is -7.85. The molecule has 138 valence electrons. The number of hydrogen-bond donors (Lipinski definition) is 0. The predicted molar refractivity (Wildman–Crippen MR) is 81.5 cm³/mol. The number of hydrogen-bond acceptors (Lipinski definition) is 2. The average molecular weight is 362 g/mol. The van der Waals surface area contributed by atoms with Gasteiger partial charge < -0.3 is 4.90 Å². The average Bonchev–Trinajstić information content (AvgIpc) is 2.98. The molecule has 0 aliphatic carbocycles. The molecule has 0 spiro atoms. The van der Waals surface area contributed by atoms with Crippen molar-refractivity contribution in [3.05, 3.63) is 34.4 Å². The van der Waals surface area contributed by atoms with Crippen molar-refractivity contribution in [1.82, 2.24) is 9.80 Å². The van der Waals surface area contributed by atoms with Crippen molar-refractivity contribution in [1.29, 1.82) is 0 Å². The van der Waals surface area contributed by atoms with Crippen molar-refractivity contribution in [3.8, 4) is 0 Å². The first kappa shape index (κ1) is 18.1. The molecule has 2 atom stereocenters. The summed E-state index contributed by atoms with van der Waals surface area (Å²) in [4.78, 5) is 15.2. The van der Waals surface area contributed by atoms with Crippen LogP contribution < -0.4 is 0 Å². The van der Waals surface area contributed by atoms with Crippen LogP contribution in [0.3, 0.4) is 0 Å². The number of likely N-dealkylation sites (tertiary alicyclic amines) is 1. The number of benzene rings is 1. The van der Waals surface area contributed by atoms with E-state index in [1.165, 1.54) is 15.9 Å². The van der Waals surface area contributed by atoms with E-state index in [2.05, 4.69) is 0 Å². The summed E-state index contributed by atoms with van der Waals surface area (Å²) in [6.45, 7) is 3.06. The first-order valence-electron chi connectivity index (χ1n) is 8.12. The van der Waals surface area contributed by atoms with Gasteiger partial charge in [0.05, 0.1) is 5.56 Å². The van der Waals surface area contributed by atoms with Gasteiger partial charge in [0.2, 0.25) is 0 Å². The van der Waals surface area contributed by atoms with Crippen LogP contribution in [-0.4, -0.2) is 47.2 Å². The first-order chi connectivity index (χ1) is 11.6. The number of fused-ring (bicyclic) bond motifs is 1. The summed E-state index contributed by atoms with van der Waals surface area (Å²) in [7, 11) is 0. The van der Waals surface area contributed by atoms with Gasteiger partial charge >= 0.3 is 6.18 Å². The lowest BCUT2D eigenvalue weighted by molar-refractivity contribution is -0.138. The molecule has 1 aromatic carbocycles. The van der Waals surface area contributed by atoms with Crippen molar-refractivity contribution >= 4 is 5.91 Å². The van der Waals surface area contributed by atoms with Crippen molar-refractivity contribution in [2.45, 2.75) is 51.5 Å². The monoisotopic (exact) mass is 362 g/mol. The van der Waals surface area contributed by atoms with Crippen molar-refractivity contribution in [3.63, 3.8) is 0 Å². The standard InChI is InChI=1S/C17H19F5N2O/c1-9(2)24-6-12-11(16(24)25)3-10(4-13(12)17(20,21)22)5-23-7-14(18)15(19)8-23/h3-4,9,14-15H,5-8H2,1-2H3. The van der Waals surface area contributed by atoms with Crippen LogP contribution in [0.1, 0.15) is 40.9 Å². The van der Waals surface area contributed by atoms with Crippen LogP contribution >= 0.6 is 0 Å². The summed E-state index contributed by atoms with van der Waals surface area (Å²) < 4.78 is 67.0.